The summed E-state index contributed by atoms with van der Waals surface area (Å²) in [5.41, 5.74) is 3.52. The molecular formula is C29H35N5O3S. The van der Waals surface area contributed by atoms with Gasteiger partial charge < -0.3 is 15.4 Å². The highest BCUT2D eigenvalue weighted by Crippen LogP contribution is 2.26. The topological polar surface area (TPSA) is 109 Å². The molecule has 0 saturated heterocycles. The Bertz CT molecular complexity index is 1400. The van der Waals surface area contributed by atoms with Gasteiger partial charge in [-0.1, -0.05) is 43.4 Å². The Balaban J connectivity index is 1.41. The lowest BCUT2D eigenvalue weighted by Gasteiger charge is -2.25. The number of nitrogens with zero attached hydrogens (tertiary/aromatic N) is 2. The largest absolute Gasteiger partial charge is 0.489 e. The van der Waals surface area contributed by atoms with Crippen LogP contribution < -0.4 is 20.2 Å². The van der Waals surface area contributed by atoms with Gasteiger partial charge in [0.15, 0.2) is 0 Å². The molecule has 38 heavy (non-hydrogen) atoms. The van der Waals surface area contributed by atoms with Crippen LogP contribution in [0.3, 0.4) is 0 Å². The van der Waals surface area contributed by atoms with Crippen molar-refractivity contribution in [2.24, 2.45) is 0 Å². The van der Waals surface area contributed by atoms with Crippen molar-refractivity contribution in [1.82, 2.24) is 25.8 Å². The van der Waals surface area contributed by atoms with Crippen LogP contribution in [0.5, 0.6) is 5.75 Å². The van der Waals surface area contributed by atoms with Crippen LogP contribution in [0, 0.1) is 6.92 Å². The highest BCUT2D eigenvalue weighted by molar-refractivity contribution is 7.08. The van der Waals surface area contributed by atoms with Crippen LogP contribution in [0.2, 0.25) is 0 Å². The number of amides is 1. The lowest BCUT2D eigenvalue weighted by atomic mass is 9.94. The summed E-state index contributed by atoms with van der Waals surface area (Å²) in [6.07, 6.45) is 2.54. The highest BCUT2D eigenvalue weighted by atomic mass is 32.1. The molecular weight excluding hydrogens is 498 g/mol. The molecule has 1 amide bonds. The van der Waals surface area contributed by atoms with E-state index in [1.165, 1.54) is 0 Å². The first-order valence-electron chi connectivity index (χ1n) is 13.1. The molecule has 0 saturated carbocycles. The molecule has 9 heteroatoms. The Morgan fingerprint density at radius 1 is 1.11 bits per heavy atom. The zero-order chi connectivity index (χ0) is 26.9. The van der Waals surface area contributed by atoms with E-state index in [9.17, 15) is 9.59 Å². The van der Waals surface area contributed by atoms with E-state index in [0.717, 1.165) is 70.9 Å². The summed E-state index contributed by atoms with van der Waals surface area (Å²) in [7, 11) is 0. The van der Waals surface area contributed by atoms with Gasteiger partial charge in [0.25, 0.3) is 5.91 Å². The molecule has 2 atom stereocenters. The number of aromatic amines is 1. The minimum atomic E-state index is -0.182. The lowest BCUT2D eigenvalue weighted by molar-refractivity contribution is 0.0928. The minimum Gasteiger partial charge on any atom is -0.489 e. The summed E-state index contributed by atoms with van der Waals surface area (Å²) in [5, 5.41) is 15.1. The molecule has 4 aromatic rings. The molecule has 0 aliphatic heterocycles. The van der Waals surface area contributed by atoms with Crippen molar-refractivity contribution in [1.29, 1.82) is 0 Å². The number of pyridine rings is 1. The van der Waals surface area contributed by atoms with Crippen molar-refractivity contribution in [3.8, 4) is 5.75 Å². The van der Waals surface area contributed by atoms with Gasteiger partial charge in [0.05, 0.1) is 5.52 Å². The summed E-state index contributed by atoms with van der Waals surface area (Å²) >= 11 is 1.11. The Morgan fingerprint density at radius 3 is 2.61 bits per heavy atom. The van der Waals surface area contributed by atoms with Crippen molar-refractivity contribution >= 4 is 28.1 Å². The van der Waals surface area contributed by atoms with E-state index in [2.05, 4.69) is 32.7 Å². The number of nitrogens with one attached hydrogen (secondary N) is 3. The number of ether oxygens (including phenoxy) is 1. The predicted octanol–water partition coefficient (Wildman–Crippen LogP) is 4.95. The van der Waals surface area contributed by atoms with Crippen LogP contribution in [0.4, 0.5) is 0 Å². The molecule has 0 aliphatic rings. The van der Waals surface area contributed by atoms with Gasteiger partial charge in [0.2, 0.25) is 0 Å². The summed E-state index contributed by atoms with van der Waals surface area (Å²) in [5.74, 6) is 0.473. The molecule has 4 rings (SSSR count). The molecule has 3 N–H and O–H groups in total. The third-order valence-electron chi connectivity index (χ3n) is 6.51. The zero-order valence-corrected chi connectivity index (χ0v) is 22.9. The zero-order valence-electron chi connectivity index (χ0n) is 22.1. The van der Waals surface area contributed by atoms with E-state index >= 15 is 0 Å². The van der Waals surface area contributed by atoms with E-state index in [4.69, 9.17) is 4.74 Å². The summed E-state index contributed by atoms with van der Waals surface area (Å²) in [6, 6.07) is 17.1. The number of carbonyl (C=O) groups excluding carboxylic acids is 1. The number of fused-ring (bicyclic) bond motifs is 1. The number of carbonyl (C=O) groups is 1. The number of benzene rings is 2. The smallest absolute Gasteiger partial charge is 0.322 e. The average molecular weight is 534 g/mol. The van der Waals surface area contributed by atoms with Crippen molar-refractivity contribution in [3.05, 3.63) is 86.1 Å². The first kappa shape index (κ1) is 27.5. The predicted molar refractivity (Wildman–Crippen MR) is 152 cm³/mol. The van der Waals surface area contributed by atoms with Crippen LogP contribution in [-0.2, 0) is 6.61 Å². The molecule has 8 nitrogen and oxygen atoms in total. The van der Waals surface area contributed by atoms with E-state index in [1.54, 1.807) is 12.1 Å². The van der Waals surface area contributed by atoms with E-state index in [0.29, 0.717) is 17.9 Å². The summed E-state index contributed by atoms with van der Waals surface area (Å²) in [4.78, 5) is 29.3. The second-order valence-electron chi connectivity index (χ2n) is 9.34. The second kappa shape index (κ2) is 13.3. The van der Waals surface area contributed by atoms with Gasteiger partial charge >= 0.3 is 4.87 Å². The fraction of sp³-hybridized carbons (Fsp3) is 0.379. The lowest BCUT2D eigenvalue weighted by Crippen LogP contribution is -2.40. The number of H-pyrrole nitrogens is 1. The third kappa shape index (κ3) is 7.05. The standard InChI is InChI=1S/C29H35N5O3S/c1-4-15-30-16-14-24(28-33-34-29(36)38-28)25(5-2)32-27(35)20-10-12-22(13-11-20)37-18-21-17-19(3)31-26-9-7-6-8-23(21)26/h6-13,17,24-25,30H,4-5,14-16,18H2,1-3H3,(H,32,35)(H,34,36). The number of hydrogen-bond donors (Lipinski definition) is 3. The molecule has 2 aromatic carbocycles. The Hall–Kier alpha value is -3.56. The molecule has 2 heterocycles. The van der Waals surface area contributed by atoms with Crippen LogP contribution >= 0.6 is 11.3 Å². The quantitative estimate of drug-likeness (QED) is 0.210. The third-order valence-corrected chi connectivity index (χ3v) is 7.39. The number of hydrogen-bond acceptors (Lipinski definition) is 7. The van der Waals surface area contributed by atoms with Gasteiger partial charge in [0, 0.05) is 34.2 Å². The molecule has 0 radical (unpaired) electrons. The first-order chi connectivity index (χ1) is 18.5. The number of aromatic nitrogens is 3. The van der Waals surface area contributed by atoms with Crippen LogP contribution in [0.25, 0.3) is 10.9 Å². The molecule has 2 unspecified atom stereocenters. The van der Waals surface area contributed by atoms with E-state index in [1.807, 2.05) is 56.3 Å². The maximum absolute atomic E-state index is 13.1. The average Bonchev–Trinajstić information content (AvgIpc) is 3.36. The minimum absolute atomic E-state index is 0.0569. The first-order valence-corrected chi connectivity index (χ1v) is 13.9. The van der Waals surface area contributed by atoms with Crippen molar-refractivity contribution in [2.45, 2.75) is 58.6 Å². The maximum Gasteiger partial charge on any atom is 0.322 e. The fourth-order valence-electron chi connectivity index (χ4n) is 4.57. The van der Waals surface area contributed by atoms with Gasteiger partial charge in [0.1, 0.15) is 17.4 Å². The van der Waals surface area contributed by atoms with Gasteiger partial charge in [-0.3, -0.25) is 14.6 Å². The van der Waals surface area contributed by atoms with Gasteiger partial charge in [-0.15, -0.1) is 0 Å². The van der Waals surface area contributed by atoms with Crippen LogP contribution in [-0.4, -0.2) is 40.2 Å². The van der Waals surface area contributed by atoms with Gasteiger partial charge in [-0.05, 0) is 75.7 Å². The number of para-hydroxylation sites is 1. The van der Waals surface area contributed by atoms with E-state index < -0.39 is 0 Å². The Morgan fingerprint density at radius 2 is 1.89 bits per heavy atom. The van der Waals surface area contributed by atoms with Crippen molar-refractivity contribution in [3.63, 3.8) is 0 Å². The Kier molecular flexibility index (Phi) is 9.62. The molecule has 0 spiro atoms. The highest BCUT2D eigenvalue weighted by Gasteiger charge is 2.26. The van der Waals surface area contributed by atoms with Gasteiger partial charge in [-0.25, -0.2) is 5.10 Å². The number of rotatable bonds is 13. The van der Waals surface area contributed by atoms with Crippen LogP contribution in [0.1, 0.15) is 65.7 Å². The molecule has 2 aromatic heterocycles. The monoisotopic (exact) mass is 533 g/mol. The van der Waals surface area contributed by atoms with Crippen molar-refractivity contribution < 1.29 is 9.53 Å². The number of aryl methyl sites for hydroxylation is 1. The van der Waals surface area contributed by atoms with Crippen LogP contribution in [0.15, 0.2) is 59.4 Å². The van der Waals surface area contributed by atoms with Gasteiger partial charge in [-0.2, -0.15) is 5.10 Å². The SMILES string of the molecule is CCCNCCC(c1n[nH]c(=O)s1)C(CC)NC(=O)c1ccc(OCc2cc(C)nc3ccccc23)cc1. The van der Waals surface area contributed by atoms with E-state index in [-0.39, 0.29) is 22.7 Å². The maximum atomic E-state index is 13.1. The molecule has 0 fully saturated rings. The molecule has 0 bridgehead atoms. The van der Waals surface area contributed by atoms with Crippen molar-refractivity contribution in [2.75, 3.05) is 13.1 Å². The normalized spacial score (nSPS) is 12.8. The Labute approximate surface area is 226 Å². The molecule has 200 valence electrons. The summed E-state index contributed by atoms with van der Waals surface area (Å²) < 4.78 is 6.05. The fourth-order valence-corrected chi connectivity index (χ4v) is 5.38. The second-order valence-corrected chi connectivity index (χ2v) is 10.3. The summed E-state index contributed by atoms with van der Waals surface area (Å²) in [6.45, 7) is 8.26. The molecule has 0 aliphatic carbocycles.